The number of aromatic nitrogens is 2. The van der Waals surface area contributed by atoms with E-state index in [2.05, 4.69) is 5.32 Å². The third-order valence-corrected chi connectivity index (χ3v) is 2.85. The summed E-state index contributed by atoms with van der Waals surface area (Å²) in [5, 5.41) is 12.1. The van der Waals surface area contributed by atoms with Crippen molar-refractivity contribution in [3.63, 3.8) is 0 Å². The van der Waals surface area contributed by atoms with Crippen molar-refractivity contribution in [1.29, 1.82) is 0 Å². The van der Waals surface area contributed by atoms with E-state index in [-0.39, 0.29) is 12.5 Å². The van der Waals surface area contributed by atoms with E-state index in [1.54, 1.807) is 0 Å². The summed E-state index contributed by atoms with van der Waals surface area (Å²) in [6.45, 7) is 6.04. The molecule has 5 heteroatoms. The Balaban J connectivity index is 2.79. The second kappa shape index (κ2) is 4.87. The van der Waals surface area contributed by atoms with Gasteiger partial charge in [-0.2, -0.15) is 4.68 Å². The van der Waals surface area contributed by atoms with Gasteiger partial charge in [-0.3, -0.25) is 4.79 Å². The zero-order valence-corrected chi connectivity index (χ0v) is 11.2. The van der Waals surface area contributed by atoms with Crippen LogP contribution < -0.4 is 10.00 Å². The van der Waals surface area contributed by atoms with Crippen molar-refractivity contribution >= 4 is 5.91 Å². The molecule has 2 N–H and O–H groups in total. The monoisotopic (exact) mass is 240 g/mol. The number of hydrogen-bond acceptors (Lipinski definition) is 2. The summed E-state index contributed by atoms with van der Waals surface area (Å²) in [4.78, 5) is 11.8. The molecular formula is C12H22N3O2+. The van der Waals surface area contributed by atoms with E-state index in [0.717, 1.165) is 11.3 Å². The number of aliphatic hydroxyl groups is 1. The van der Waals surface area contributed by atoms with Crippen LogP contribution in [0.2, 0.25) is 0 Å². The average Bonchev–Trinajstić information content (AvgIpc) is 2.50. The zero-order valence-electron chi connectivity index (χ0n) is 11.2. The standard InChI is InChI=1S/C12H21N3O2/c1-12(2,3)11(17)13-6-10-9(8-16)7-14(4)15(10)5/h7,16H,6,8H2,1-5H3/p+1. The Morgan fingerprint density at radius 1 is 1.53 bits per heavy atom. The Kier molecular flexibility index (Phi) is 3.93. The molecule has 5 nitrogen and oxygen atoms in total. The molecule has 0 aliphatic carbocycles. The molecule has 0 aliphatic heterocycles. The van der Waals surface area contributed by atoms with Gasteiger partial charge in [0.05, 0.1) is 25.8 Å². The first-order valence-corrected chi connectivity index (χ1v) is 5.70. The lowest BCUT2D eigenvalue weighted by atomic mass is 9.96. The first kappa shape index (κ1) is 13.7. The van der Waals surface area contributed by atoms with Gasteiger partial charge in [0.25, 0.3) is 0 Å². The molecule has 0 bridgehead atoms. The number of aliphatic hydroxyl groups excluding tert-OH is 1. The number of nitrogens with one attached hydrogen (secondary N) is 1. The summed E-state index contributed by atoms with van der Waals surface area (Å²) in [6.07, 6.45) is 1.86. The maximum Gasteiger partial charge on any atom is 0.225 e. The highest BCUT2D eigenvalue weighted by atomic mass is 16.3. The highest BCUT2D eigenvalue weighted by Crippen LogP contribution is 2.13. The highest BCUT2D eigenvalue weighted by molar-refractivity contribution is 5.81. The smallest absolute Gasteiger partial charge is 0.225 e. The fraction of sp³-hybridized carbons (Fsp3) is 0.667. The van der Waals surface area contributed by atoms with Crippen molar-refractivity contribution in [2.75, 3.05) is 0 Å². The number of carbonyl (C=O) groups excluding carboxylic acids is 1. The van der Waals surface area contributed by atoms with Crippen molar-refractivity contribution in [3.05, 3.63) is 17.5 Å². The third-order valence-electron chi connectivity index (χ3n) is 2.85. The topological polar surface area (TPSA) is 58.1 Å². The fourth-order valence-corrected chi connectivity index (χ4v) is 1.57. The normalized spacial score (nSPS) is 11.6. The number of aryl methyl sites for hydroxylation is 1. The van der Waals surface area contributed by atoms with Crippen molar-refractivity contribution in [2.45, 2.75) is 33.9 Å². The predicted molar refractivity (Wildman–Crippen MR) is 63.8 cm³/mol. The van der Waals surface area contributed by atoms with Gasteiger partial charge in [-0.1, -0.05) is 20.8 Å². The van der Waals surface area contributed by atoms with Crippen LogP contribution in [0.3, 0.4) is 0 Å². The van der Waals surface area contributed by atoms with Crippen LogP contribution >= 0.6 is 0 Å². The van der Waals surface area contributed by atoms with Crippen LogP contribution in [0.1, 0.15) is 32.0 Å². The second-order valence-corrected chi connectivity index (χ2v) is 5.29. The lowest BCUT2D eigenvalue weighted by molar-refractivity contribution is -0.751. The third kappa shape index (κ3) is 3.06. The van der Waals surface area contributed by atoms with Crippen molar-refractivity contribution in [3.8, 4) is 0 Å². The van der Waals surface area contributed by atoms with Gasteiger partial charge in [-0.15, -0.1) is 4.68 Å². The van der Waals surface area contributed by atoms with Crippen molar-refractivity contribution < 1.29 is 14.6 Å². The molecule has 0 spiro atoms. The Morgan fingerprint density at radius 2 is 2.12 bits per heavy atom. The van der Waals surface area contributed by atoms with E-state index in [1.807, 2.05) is 50.4 Å². The maximum absolute atomic E-state index is 11.8. The fourth-order valence-electron chi connectivity index (χ4n) is 1.57. The molecule has 0 aliphatic rings. The number of nitrogens with zero attached hydrogens (tertiary/aromatic N) is 2. The SMILES string of the molecule is Cn1c(CNC(=O)C(C)(C)C)c(CO)c[n+]1C. The van der Waals surface area contributed by atoms with Gasteiger partial charge in [-0.05, 0) is 0 Å². The van der Waals surface area contributed by atoms with Crippen LogP contribution in [0.4, 0.5) is 0 Å². The molecule has 0 unspecified atom stereocenters. The average molecular weight is 240 g/mol. The summed E-state index contributed by atoms with van der Waals surface area (Å²) >= 11 is 0. The highest BCUT2D eigenvalue weighted by Gasteiger charge is 2.22. The van der Waals surface area contributed by atoms with E-state index in [0.29, 0.717) is 6.54 Å². The number of rotatable bonds is 3. The van der Waals surface area contributed by atoms with Gasteiger partial charge in [0.2, 0.25) is 12.1 Å². The maximum atomic E-state index is 11.8. The van der Waals surface area contributed by atoms with Crippen LogP contribution in [0.25, 0.3) is 0 Å². The van der Waals surface area contributed by atoms with Crippen molar-refractivity contribution in [2.24, 2.45) is 19.5 Å². The number of hydrogen-bond donors (Lipinski definition) is 2. The molecule has 1 heterocycles. The van der Waals surface area contributed by atoms with E-state index in [4.69, 9.17) is 0 Å². The first-order valence-electron chi connectivity index (χ1n) is 5.70. The quantitative estimate of drug-likeness (QED) is 0.731. The number of carbonyl (C=O) groups is 1. The summed E-state index contributed by atoms with van der Waals surface area (Å²) in [5.74, 6) is 0.00485. The molecule has 0 atom stereocenters. The molecule has 1 aromatic heterocycles. The Morgan fingerprint density at radius 3 is 2.59 bits per heavy atom. The Bertz CT molecular complexity index is 416. The molecule has 1 amide bonds. The minimum Gasteiger partial charge on any atom is -0.391 e. The molecule has 1 rings (SSSR count). The van der Waals surface area contributed by atoms with Crippen LogP contribution in [-0.4, -0.2) is 15.7 Å². The Hall–Kier alpha value is -1.36. The predicted octanol–water partition coefficient (Wildman–Crippen LogP) is 0.00420. The van der Waals surface area contributed by atoms with Crippen LogP contribution in [-0.2, 0) is 32.0 Å². The summed E-state index contributed by atoms with van der Waals surface area (Å²) < 4.78 is 3.79. The first-order chi connectivity index (χ1) is 7.77. The summed E-state index contributed by atoms with van der Waals surface area (Å²) in [5.41, 5.74) is 1.36. The van der Waals surface area contributed by atoms with Gasteiger partial charge in [0.1, 0.15) is 5.69 Å². The van der Waals surface area contributed by atoms with Gasteiger partial charge >= 0.3 is 0 Å². The molecule has 0 saturated carbocycles. The van der Waals surface area contributed by atoms with E-state index < -0.39 is 5.41 Å². The van der Waals surface area contributed by atoms with E-state index in [1.165, 1.54) is 0 Å². The largest absolute Gasteiger partial charge is 0.391 e. The van der Waals surface area contributed by atoms with E-state index >= 15 is 0 Å². The van der Waals surface area contributed by atoms with Gasteiger partial charge < -0.3 is 10.4 Å². The molecule has 0 aromatic carbocycles. The molecule has 0 saturated heterocycles. The zero-order chi connectivity index (χ0) is 13.2. The lowest BCUT2D eigenvalue weighted by Crippen LogP contribution is -2.39. The minimum atomic E-state index is -0.396. The molecule has 0 radical (unpaired) electrons. The van der Waals surface area contributed by atoms with Gasteiger partial charge in [0, 0.05) is 5.41 Å². The summed E-state index contributed by atoms with van der Waals surface area (Å²) in [7, 11) is 3.80. The van der Waals surface area contributed by atoms with E-state index in [9.17, 15) is 9.90 Å². The number of amides is 1. The summed E-state index contributed by atoms with van der Waals surface area (Å²) in [6, 6.07) is 0. The molecule has 96 valence electrons. The molecule has 1 aromatic rings. The molecule has 17 heavy (non-hydrogen) atoms. The second-order valence-electron chi connectivity index (χ2n) is 5.29. The van der Waals surface area contributed by atoms with Gasteiger partial charge in [-0.25, -0.2) is 0 Å². The minimum absolute atomic E-state index is 0.00485. The Labute approximate surface area is 102 Å². The molecule has 0 fully saturated rings. The van der Waals surface area contributed by atoms with Crippen molar-refractivity contribution in [1.82, 2.24) is 10.00 Å². The lowest BCUT2D eigenvalue weighted by Gasteiger charge is -2.17. The van der Waals surface area contributed by atoms with Crippen LogP contribution in [0.15, 0.2) is 6.20 Å². The van der Waals surface area contributed by atoms with Gasteiger partial charge in [0.15, 0.2) is 7.05 Å². The van der Waals surface area contributed by atoms with Crippen LogP contribution in [0, 0.1) is 5.41 Å². The molecular weight excluding hydrogens is 218 g/mol. The van der Waals surface area contributed by atoms with Crippen LogP contribution in [0.5, 0.6) is 0 Å².